The van der Waals surface area contributed by atoms with E-state index in [2.05, 4.69) is 29.7 Å². The Hall–Kier alpha value is -2.33. The highest BCUT2D eigenvalue weighted by Crippen LogP contribution is 2.19. The van der Waals surface area contributed by atoms with Gasteiger partial charge in [-0.15, -0.1) is 0 Å². The van der Waals surface area contributed by atoms with Gasteiger partial charge in [0.15, 0.2) is 0 Å². The first-order chi connectivity index (χ1) is 10.2. The molecule has 0 aliphatic carbocycles. The van der Waals surface area contributed by atoms with Crippen LogP contribution in [0.4, 0.5) is 5.69 Å². The summed E-state index contributed by atoms with van der Waals surface area (Å²) < 4.78 is 0. The number of aliphatic hydroxyl groups excluding tert-OH is 1. The summed E-state index contributed by atoms with van der Waals surface area (Å²) in [6.07, 6.45) is 0. The second-order valence-corrected chi connectivity index (χ2v) is 4.83. The van der Waals surface area contributed by atoms with Gasteiger partial charge in [-0.25, -0.2) is 0 Å². The van der Waals surface area contributed by atoms with E-state index in [1.165, 1.54) is 5.56 Å². The predicted molar refractivity (Wildman–Crippen MR) is 84.3 cm³/mol. The molecule has 0 heterocycles. The molecule has 0 radical (unpaired) electrons. The molecule has 110 valence electrons. The molecule has 4 heteroatoms. The van der Waals surface area contributed by atoms with Gasteiger partial charge < -0.3 is 15.7 Å². The molecule has 0 saturated carbocycles. The Morgan fingerprint density at radius 1 is 1.10 bits per heavy atom. The Balaban J connectivity index is 1.98. The lowest BCUT2D eigenvalue weighted by molar-refractivity contribution is 0.0945. The van der Waals surface area contributed by atoms with Gasteiger partial charge in [-0.05, 0) is 36.8 Å². The zero-order valence-electron chi connectivity index (χ0n) is 12.0. The molecule has 0 saturated heterocycles. The summed E-state index contributed by atoms with van der Waals surface area (Å²) in [7, 11) is 0. The number of hydrogen-bond donors (Lipinski definition) is 3. The van der Waals surface area contributed by atoms with Gasteiger partial charge in [0, 0.05) is 23.8 Å². The molecule has 3 N–H and O–H groups in total. The fourth-order valence-electron chi connectivity index (χ4n) is 2.06. The van der Waals surface area contributed by atoms with Gasteiger partial charge in [0.25, 0.3) is 5.91 Å². The maximum Gasteiger partial charge on any atom is 0.251 e. The molecule has 2 aromatic rings. The van der Waals surface area contributed by atoms with Crippen LogP contribution in [0.15, 0.2) is 54.6 Å². The van der Waals surface area contributed by atoms with Crippen LogP contribution in [-0.2, 0) is 0 Å². The second-order valence-electron chi connectivity index (χ2n) is 4.83. The lowest BCUT2D eigenvalue weighted by Crippen LogP contribution is -2.26. The Morgan fingerprint density at radius 3 is 2.38 bits per heavy atom. The number of benzene rings is 2. The summed E-state index contributed by atoms with van der Waals surface area (Å²) in [6, 6.07) is 17.7. The SMILES string of the molecule is CC(Nc1ccc(C(=O)NCCO)cc1)c1ccccc1. The predicted octanol–water partition coefficient (Wildman–Crippen LogP) is 2.58. The van der Waals surface area contributed by atoms with Crippen LogP contribution in [0.2, 0.25) is 0 Å². The molecule has 2 aromatic carbocycles. The molecule has 0 bridgehead atoms. The van der Waals surface area contributed by atoms with Gasteiger partial charge in [0.05, 0.1) is 6.61 Å². The summed E-state index contributed by atoms with van der Waals surface area (Å²) in [6.45, 7) is 2.31. The zero-order valence-corrected chi connectivity index (χ0v) is 12.0. The van der Waals surface area contributed by atoms with Crippen molar-refractivity contribution in [3.8, 4) is 0 Å². The highest BCUT2D eigenvalue weighted by Gasteiger charge is 2.07. The number of hydrogen-bond acceptors (Lipinski definition) is 3. The smallest absolute Gasteiger partial charge is 0.251 e. The van der Waals surface area contributed by atoms with Crippen molar-refractivity contribution in [2.45, 2.75) is 13.0 Å². The van der Waals surface area contributed by atoms with E-state index < -0.39 is 0 Å². The average Bonchev–Trinajstić information content (AvgIpc) is 2.54. The highest BCUT2D eigenvalue weighted by atomic mass is 16.3. The summed E-state index contributed by atoms with van der Waals surface area (Å²) in [5.41, 5.74) is 2.76. The minimum Gasteiger partial charge on any atom is -0.395 e. The molecule has 0 fully saturated rings. The monoisotopic (exact) mass is 284 g/mol. The topological polar surface area (TPSA) is 61.4 Å². The minimum absolute atomic E-state index is 0.0556. The lowest BCUT2D eigenvalue weighted by atomic mass is 10.1. The summed E-state index contributed by atoms with van der Waals surface area (Å²) in [5, 5.41) is 14.7. The third-order valence-electron chi connectivity index (χ3n) is 3.23. The van der Waals surface area contributed by atoms with E-state index in [9.17, 15) is 4.79 Å². The fraction of sp³-hybridized carbons (Fsp3) is 0.235. The van der Waals surface area contributed by atoms with Crippen molar-refractivity contribution in [3.63, 3.8) is 0 Å². The molecule has 0 spiro atoms. The number of anilines is 1. The third-order valence-corrected chi connectivity index (χ3v) is 3.23. The molecule has 2 rings (SSSR count). The Bertz CT molecular complexity index is 567. The minimum atomic E-state index is -0.174. The molecule has 1 atom stereocenters. The van der Waals surface area contributed by atoms with Gasteiger partial charge in [-0.1, -0.05) is 30.3 Å². The number of rotatable bonds is 6. The van der Waals surface area contributed by atoms with Crippen molar-refractivity contribution in [3.05, 3.63) is 65.7 Å². The van der Waals surface area contributed by atoms with Crippen LogP contribution in [0.3, 0.4) is 0 Å². The van der Waals surface area contributed by atoms with E-state index >= 15 is 0 Å². The van der Waals surface area contributed by atoms with Crippen molar-refractivity contribution >= 4 is 11.6 Å². The van der Waals surface area contributed by atoms with Crippen LogP contribution in [0.1, 0.15) is 28.9 Å². The zero-order chi connectivity index (χ0) is 15.1. The molecule has 0 aromatic heterocycles. The van der Waals surface area contributed by atoms with E-state index in [0.29, 0.717) is 5.56 Å². The van der Waals surface area contributed by atoms with Crippen LogP contribution in [0.25, 0.3) is 0 Å². The Kier molecular flexibility index (Phi) is 5.35. The van der Waals surface area contributed by atoms with Crippen molar-refractivity contribution < 1.29 is 9.90 Å². The maximum atomic E-state index is 11.7. The number of amides is 1. The largest absolute Gasteiger partial charge is 0.395 e. The summed E-state index contributed by atoms with van der Waals surface area (Å²) >= 11 is 0. The average molecular weight is 284 g/mol. The maximum absolute atomic E-state index is 11.7. The first-order valence-corrected chi connectivity index (χ1v) is 7.01. The third kappa shape index (κ3) is 4.33. The van der Waals surface area contributed by atoms with E-state index in [0.717, 1.165) is 5.69 Å². The van der Waals surface area contributed by atoms with E-state index in [-0.39, 0.29) is 25.1 Å². The molecule has 0 aliphatic rings. The normalized spacial score (nSPS) is 11.7. The van der Waals surface area contributed by atoms with Crippen LogP contribution >= 0.6 is 0 Å². The van der Waals surface area contributed by atoms with Crippen molar-refractivity contribution in [2.24, 2.45) is 0 Å². The Labute approximate surface area is 124 Å². The van der Waals surface area contributed by atoms with Crippen LogP contribution in [-0.4, -0.2) is 24.2 Å². The first kappa shape index (κ1) is 15.1. The van der Waals surface area contributed by atoms with Gasteiger partial charge in [0.2, 0.25) is 0 Å². The molecule has 21 heavy (non-hydrogen) atoms. The molecular formula is C17H20N2O2. The van der Waals surface area contributed by atoms with Gasteiger partial charge >= 0.3 is 0 Å². The Morgan fingerprint density at radius 2 is 1.76 bits per heavy atom. The second kappa shape index (κ2) is 7.45. The molecule has 1 unspecified atom stereocenters. The van der Waals surface area contributed by atoms with Crippen molar-refractivity contribution in [1.82, 2.24) is 5.32 Å². The quantitative estimate of drug-likeness (QED) is 0.764. The summed E-state index contributed by atoms with van der Waals surface area (Å²) in [5.74, 6) is -0.174. The lowest BCUT2D eigenvalue weighted by Gasteiger charge is -2.16. The van der Waals surface area contributed by atoms with E-state index in [1.807, 2.05) is 30.3 Å². The molecule has 0 aliphatic heterocycles. The van der Waals surface area contributed by atoms with Crippen LogP contribution < -0.4 is 10.6 Å². The molecular weight excluding hydrogens is 264 g/mol. The first-order valence-electron chi connectivity index (χ1n) is 7.01. The number of carbonyl (C=O) groups excluding carboxylic acids is 1. The van der Waals surface area contributed by atoms with Gasteiger partial charge in [-0.3, -0.25) is 4.79 Å². The fourth-order valence-corrected chi connectivity index (χ4v) is 2.06. The van der Waals surface area contributed by atoms with E-state index in [1.54, 1.807) is 12.1 Å². The van der Waals surface area contributed by atoms with Crippen molar-refractivity contribution in [2.75, 3.05) is 18.5 Å². The van der Waals surface area contributed by atoms with Gasteiger partial charge in [0.1, 0.15) is 0 Å². The number of carbonyl (C=O) groups is 1. The number of aliphatic hydroxyl groups is 1. The van der Waals surface area contributed by atoms with Crippen molar-refractivity contribution in [1.29, 1.82) is 0 Å². The van der Waals surface area contributed by atoms with E-state index in [4.69, 9.17) is 5.11 Å². The van der Waals surface area contributed by atoms with Crippen LogP contribution in [0.5, 0.6) is 0 Å². The molecule has 1 amide bonds. The number of nitrogens with one attached hydrogen (secondary N) is 2. The highest BCUT2D eigenvalue weighted by molar-refractivity contribution is 5.94. The summed E-state index contributed by atoms with van der Waals surface area (Å²) in [4.78, 5) is 11.7. The van der Waals surface area contributed by atoms with Crippen LogP contribution in [0, 0.1) is 0 Å². The standard InChI is InChI=1S/C17H20N2O2/c1-13(14-5-3-2-4-6-14)19-16-9-7-15(8-10-16)17(21)18-11-12-20/h2-10,13,19-20H,11-12H2,1H3,(H,18,21). The van der Waals surface area contributed by atoms with Gasteiger partial charge in [-0.2, -0.15) is 0 Å². The molecule has 4 nitrogen and oxygen atoms in total.